The quantitative estimate of drug-likeness (QED) is 0.0272. The third-order valence-corrected chi connectivity index (χ3v) is 13.3. The molecule has 0 aliphatic heterocycles. The number of rotatable bonds is 50. The summed E-state index contributed by atoms with van der Waals surface area (Å²) in [6, 6.07) is -0.899. The van der Waals surface area contributed by atoms with Gasteiger partial charge in [0.2, 0.25) is 5.91 Å². The summed E-state index contributed by atoms with van der Waals surface area (Å²) in [6.07, 6.45) is 59.7. The molecule has 0 heterocycles. The van der Waals surface area contributed by atoms with Crippen molar-refractivity contribution in [1.82, 2.24) is 5.32 Å². The summed E-state index contributed by atoms with van der Waals surface area (Å²) < 4.78 is 23.2. The highest BCUT2D eigenvalue weighted by Crippen LogP contribution is 2.38. The Hall–Kier alpha value is -1.28. The second-order valence-corrected chi connectivity index (χ2v) is 21.3. The van der Waals surface area contributed by atoms with Crippen molar-refractivity contribution in [2.75, 3.05) is 40.9 Å². The number of likely N-dealkylation sites (N-methyl/N-ethyl adjacent to an activating group) is 1. The second kappa shape index (κ2) is 46.8. The van der Waals surface area contributed by atoms with Gasteiger partial charge in [0.1, 0.15) is 13.2 Å². The highest BCUT2D eigenvalue weighted by atomic mass is 31.2. The predicted molar refractivity (Wildman–Crippen MR) is 275 cm³/mol. The van der Waals surface area contributed by atoms with E-state index in [1.54, 1.807) is 6.08 Å². The third-order valence-electron chi connectivity index (χ3n) is 12.3. The van der Waals surface area contributed by atoms with Gasteiger partial charge in [0.15, 0.2) is 0 Å². The van der Waals surface area contributed by atoms with Gasteiger partial charge in [-0.2, -0.15) is 0 Å². The first-order valence-corrected chi connectivity index (χ1v) is 28.8. The fourth-order valence-electron chi connectivity index (χ4n) is 7.99. The van der Waals surface area contributed by atoms with Gasteiger partial charge in [-0.1, -0.05) is 230 Å². The monoisotopic (exact) mass is 923 g/mol. The lowest BCUT2D eigenvalue weighted by molar-refractivity contribution is -0.870. The summed E-state index contributed by atoms with van der Waals surface area (Å²) >= 11 is 0. The Morgan fingerprint density at radius 1 is 0.531 bits per heavy atom. The lowest BCUT2D eigenvalue weighted by Gasteiger charge is -2.29. The van der Waals surface area contributed by atoms with Gasteiger partial charge in [0, 0.05) is 6.42 Å². The third kappa shape index (κ3) is 48.6. The summed E-state index contributed by atoms with van der Waals surface area (Å²) in [5.74, 6) is -0.207. The Morgan fingerprint density at radius 2 is 0.875 bits per heavy atom. The molecular weight excluding hydrogens is 816 g/mol. The van der Waals surface area contributed by atoms with E-state index in [-0.39, 0.29) is 12.5 Å². The number of quaternary nitrogens is 1. The van der Waals surface area contributed by atoms with Crippen molar-refractivity contribution in [3.63, 3.8) is 0 Å². The van der Waals surface area contributed by atoms with Crippen LogP contribution in [-0.4, -0.2) is 68.5 Å². The molecule has 0 spiro atoms. The van der Waals surface area contributed by atoms with Crippen molar-refractivity contribution in [3.8, 4) is 0 Å². The molecule has 0 aromatic heterocycles. The van der Waals surface area contributed by atoms with E-state index in [9.17, 15) is 19.4 Å². The van der Waals surface area contributed by atoms with Gasteiger partial charge in [-0.15, -0.1) is 0 Å². The molecule has 0 rings (SSSR count). The molecule has 0 aromatic rings. The van der Waals surface area contributed by atoms with E-state index in [4.69, 9.17) is 9.05 Å². The number of amides is 1. The minimum atomic E-state index is -4.59. The first-order chi connectivity index (χ1) is 31.0. The zero-order valence-corrected chi connectivity index (χ0v) is 43.9. The van der Waals surface area contributed by atoms with Gasteiger partial charge in [-0.05, 0) is 57.8 Å². The van der Waals surface area contributed by atoms with Crippen molar-refractivity contribution in [2.24, 2.45) is 0 Å². The molecule has 0 saturated heterocycles. The number of nitrogens with zero attached hydrogens (tertiary/aromatic N) is 1. The zero-order valence-electron chi connectivity index (χ0n) is 43.0. The summed E-state index contributed by atoms with van der Waals surface area (Å²) in [5.41, 5.74) is 0. The molecule has 0 saturated carbocycles. The number of phosphoric acid groups is 1. The van der Waals surface area contributed by atoms with E-state index in [0.717, 1.165) is 38.5 Å². The molecule has 1 amide bonds. The van der Waals surface area contributed by atoms with E-state index in [0.29, 0.717) is 17.4 Å². The minimum absolute atomic E-state index is 0.00546. The molecule has 0 aromatic carbocycles. The smallest absolute Gasteiger partial charge is 0.268 e. The number of hydrogen-bond donors (Lipinski definition) is 2. The fraction of sp³-hybridized carbons (Fsp3) is 0.873. The lowest BCUT2D eigenvalue weighted by Crippen LogP contribution is -2.45. The maximum atomic E-state index is 12.9. The molecule has 3 atom stereocenters. The van der Waals surface area contributed by atoms with E-state index in [1.165, 1.54) is 199 Å². The van der Waals surface area contributed by atoms with Crippen LogP contribution in [0.4, 0.5) is 0 Å². The van der Waals surface area contributed by atoms with Crippen LogP contribution in [0.25, 0.3) is 0 Å². The van der Waals surface area contributed by atoms with Gasteiger partial charge in [0.25, 0.3) is 7.82 Å². The molecular formula is C55H107N2O6P. The topological polar surface area (TPSA) is 108 Å². The molecule has 0 aliphatic rings. The van der Waals surface area contributed by atoms with Crippen LogP contribution in [0.2, 0.25) is 0 Å². The largest absolute Gasteiger partial charge is 0.756 e. The van der Waals surface area contributed by atoms with Crippen LogP contribution in [-0.2, 0) is 18.4 Å². The van der Waals surface area contributed by atoms with Crippen molar-refractivity contribution in [3.05, 3.63) is 36.5 Å². The lowest BCUT2D eigenvalue weighted by atomic mass is 10.0. The molecule has 64 heavy (non-hydrogen) atoms. The van der Waals surface area contributed by atoms with Crippen LogP contribution in [0.5, 0.6) is 0 Å². The average molecular weight is 923 g/mol. The molecule has 2 N–H and O–H groups in total. The number of carbonyl (C=O) groups excluding carboxylic acids is 1. The summed E-state index contributed by atoms with van der Waals surface area (Å²) in [4.78, 5) is 25.3. The molecule has 0 bridgehead atoms. The number of aliphatic hydroxyl groups is 1. The maximum absolute atomic E-state index is 12.9. The van der Waals surface area contributed by atoms with Crippen molar-refractivity contribution < 1.29 is 32.9 Å². The number of unbranched alkanes of at least 4 members (excludes halogenated alkanes) is 33. The highest BCUT2D eigenvalue weighted by Gasteiger charge is 2.23. The molecule has 0 fully saturated rings. The Bertz CT molecular complexity index is 1140. The Balaban J connectivity index is 3.91. The van der Waals surface area contributed by atoms with Crippen LogP contribution in [0.3, 0.4) is 0 Å². The van der Waals surface area contributed by atoms with Gasteiger partial charge >= 0.3 is 0 Å². The van der Waals surface area contributed by atoms with Crippen molar-refractivity contribution >= 4 is 13.7 Å². The number of aliphatic hydroxyl groups excluding tert-OH is 1. The van der Waals surface area contributed by atoms with Gasteiger partial charge < -0.3 is 28.8 Å². The number of allylic oxidation sites excluding steroid dienone is 5. The normalized spacial score (nSPS) is 14.3. The number of nitrogens with one attached hydrogen (secondary N) is 1. The second-order valence-electron chi connectivity index (χ2n) is 19.9. The van der Waals surface area contributed by atoms with Gasteiger partial charge in [-0.3, -0.25) is 9.36 Å². The zero-order chi connectivity index (χ0) is 47.1. The Labute approximate surface area is 397 Å². The van der Waals surface area contributed by atoms with E-state index < -0.39 is 26.6 Å². The van der Waals surface area contributed by atoms with E-state index >= 15 is 0 Å². The summed E-state index contributed by atoms with van der Waals surface area (Å²) in [5, 5.41) is 13.7. The maximum Gasteiger partial charge on any atom is 0.268 e. The fourth-order valence-corrected chi connectivity index (χ4v) is 8.71. The Kier molecular flexibility index (Phi) is 45.9. The molecule has 378 valence electrons. The average Bonchev–Trinajstić information content (AvgIpc) is 3.25. The highest BCUT2D eigenvalue weighted by molar-refractivity contribution is 7.45. The molecule has 0 radical (unpaired) electrons. The van der Waals surface area contributed by atoms with E-state index in [1.807, 2.05) is 27.2 Å². The summed E-state index contributed by atoms with van der Waals surface area (Å²) in [7, 11) is 1.25. The van der Waals surface area contributed by atoms with Crippen molar-refractivity contribution in [2.45, 2.75) is 270 Å². The van der Waals surface area contributed by atoms with Crippen LogP contribution in [0, 0.1) is 0 Å². The molecule has 0 aliphatic carbocycles. The van der Waals surface area contributed by atoms with Crippen LogP contribution in [0.15, 0.2) is 36.5 Å². The SMILES string of the molecule is CCCCC/C=C/CC/C=C/C(O)C(COP(=O)([O-])OCC[N+](C)(C)C)NC(=O)CCCCCCCCCCCCCCCCCCCCCCC/C=C\CCCCCCCCCC. The number of carbonyl (C=O) groups is 1. The minimum Gasteiger partial charge on any atom is -0.756 e. The molecule has 3 unspecified atom stereocenters. The van der Waals surface area contributed by atoms with Crippen LogP contribution >= 0.6 is 7.82 Å². The Morgan fingerprint density at radius 3 is 1.30 bits per heavy atom. The van der Waals surface area contributed by atoms with E-state index in [2.05, 4.69) is 43.5 Å². The van der Waals surface area contributed by atoms with Gasteiger partial charge in [0.05, 0.1) is 39.9 Å². The predicted octanol–water partition coefficient (Wildman–Crippen LogP) is 15.6. The van der Waals surface area contributed by atoms with Gasteiger partial charge in [-0.25, -0.2) is 0 Å². The molecule has 9 heteroatoms. The first kappa shape index (κ1) is 62.7. The number of phosphoric ester groups is 1. The van der Waals surface area contributed by atoms with Crippen LogP contribution in [0.1, 0.15) is 258 Å². The molecule has 8 nitrogen and oxygen atoms in total. The van der Waals surface area contributed by atoms with Crippen molar-refractivity contribution in [1.29, 1.82) is 0 Å². The van der Waals surface area contributed by atoms with Crippen LogP contribution < -0.4 is 10.2 Å². The first-order valence-electron chi connectivity index (χ1n) is 27.4. The summed E-state index contributed by atoms with van der Waals surface area (Å²) in [6.45, 7) is 4.58. The standard InChI is InChI=1S/C55H107N2O6P/c1-6-8-10-12-14-16-17-18-19-20-21-22-23-24-25-26-27-28-29-30-31-32-33-34-35-36-37-38-39-41-43-45-47-49-55(59)56-53(52-63-64(60,61)62-51-50-57(3,4)5)54(58)48-46-44-42-40-15-13-11-9-7-2/h15,20-21,40,46,48,53-54,58H,6-14,16-19,22-39,41-45,47,49-52H2,1-5H3,(H-,56,59,60,61)/b21-20-,40-15+,48-46+. The number of hydrogen-bond acceptors (Lipinski definition) is 6.